The van der Waals surface area contributed by atoms with Crippen molar-refractivity contribution in [2.24, 2.45) is 5.16 Å². The minimum atomic E-state index is -4.17. The Morgan fingerprint density at radius 3 is 2.39 bits per heavy atom. The van der Waals surface area contributed by atoms with Crippen LogP contribution in [0.3, 0.4) is 0 Å². The van der Waals surface area contributed by atoms with Crippen LogP contribution >= 0.6 is 0 Å². The number of oxime groups is 1. The van der Waals surface area contributed by atoms with Crippen molar-refractivity contribution in [1.82, 2.24) is 0 Å². The Morgan fingerprint density at radius 1 is 1.11 bits per heavy atom. The number of esters is 1. The molecular weight excluding hydrogens is 382 g/mol. The number of hydrogen-bond donors (Lipinski definition) is 0. The lowest BCUT2D eigenvalue weighted by Gasteiger charge is -2.24. The SMILES string of the molecule is Cc1ccc(S(=O)(=O)OC2C(c3ccccc3)=NOC23CC(C)OC3=O)cc1. The molecule has 1 spiro atoms. The number of nitrogens with zero attached hydrogens (tertiary/aromatic N) is 1. The highest BCUT2D eigenvalue weighted by atomic mass is 32.2. The molecule has 3 unspecified atom stereocenters. The van der Waals surface area contributed by atoms with E-state index in [2.05, 4.69) is 5.16 Å². The molecule has 0 saturated carbocycles. The van der Waals surface area contributed by atoms with Crippen molar-refractivity contribution in [3.63, 3.8) is 0 Å². The first-order valence-corrected chi connectivity index (χ1v) is 10.3. The summed E-state index contributed by atoms with van der Waals surface area (Å²) in [6.07, 6.45) is -1.55. The molecule has 1 fully saturated rings. The van der Waals surface area contributed by atoms with Gasteiger partial charge in [0.25, 0.3) is 15.7 Å². The molecule has 2 aromatic rings. The fourth-order valence-electron chi connectivity index (χ4n) is 3.39. The zero-order valence-corrected chi connectivity index (χ0v) is 16.2. The first-order chi connectivity index (χ1) is 13.3. The highest BCUT2D eigenvalue weighted by molar-refractivity contribution is 7.86. The third kappa shape index (κ3) is 3.08. The largest absolute Gasteiger partial charge is 0.459 e. The molecule has 2 aromatic carbocycles. The maximum absolute atomic E-state index is 12.9. The van der Waals surface area contributed by atoms with Gasteiger partial charge in [-0.25, -0.2) is 4.79 Å². The maximum Gasteiger partial charge on any atom is 0.357 e. The minimum Gasteiger partial charge on any atom is -0.459 e. The summed E-state index contributed by atoms with van der Waals surface area (Å²) in [5.74, 6) is -0.682. The standard InChI is InChI=1S/C20H19NO6S/c1-13-8-10-16(11-9-13)28(23,24)26-18-17(15-6-4-3-5-7-15)21-27-20(18)12-14(2)25-19(20)22/h3-11,14,18H,12H2,1-2H3. The van der Waals surface area contributed by atoms with E-state index >= 15 is 0 Å². The highest BCUT2D eigenvalue weighted by Gasteiger charge is 2.63. The van der Waals surface area contributed by atoms with Gasteiger partial charge in [-0.3, -0.25) is 4.18 Å². The summed E-state index contributed by atoms with van der Waals surface area (Å²) >= 11 is 0. The summed E-state index contributed by atoms with van der Waals surface area (Å²) in [6, 6.07) is 15.2. The molecule has 0 bridgehead atoms. The van der Waals surface area contributed by atoms with Gasteiger partial charge in [0, 0.05) is 12.0 Å². The van der Waals surface area contributed by atoms with Gasteiger partial charge in [-0.15, -0.1) is 0 Å². The Balaban J connectivity index is 1.75. The molecule has 0 N–H and O–H groups in total. The summed E-state index contributed by atoms with van der Waals surface area (Å²) in [5.41, 5.74) is 0.139. The number of carbonyl (C=O) groups excluding carboxylic acids is 1. The van der Waals surface area contributed by atoms with Gasteiger partial charge in [0.1, 0.15) is 11.8 Å². The molecule has 2 aliphatic heterocycles. The molecule has 4 rings (SSSR count). The Hall–Kier alpha value is -2.71. The zero-order valence-electron chi connectivity index (χ0n) is 15.4. The second-order valence-electron chi connectivity index (χ2n) is 6.99. The molecule has 0 amide bonds. The number of rotatable bonds is 4. The summed E-state index contributed by atoms with van der Waals surface area (Å²) in [7, 11) is -4.17. The quantitative estimate of drug-likeness (QED) is 0.578. The Labute approximate surface area is 163 Å². The fourth-order valence-corrected chi connectivity index (χ4v) is 4.47. The van der Waals surface area contributed by atoms with Crippen LogP contribution in [0.25, 0.3) is 0 Å². The molecule has 28 heavy (non-hydrogen) atoms. The molecule has 7 nitrogen and oxygen atoms in total. The lowest BCUT2D eigenvalue weighted by atomic mass is 9.88. The smallest absolute Gasteiger partial charge is 0.357 e. The average molecular weight is 401 g/mol. The number of cyclic esters (lactones) is 1. The first kappa shape index (κ1) is 18.6. The van der Waals surface area contributed by atoms with E-state index in [1.54, 1.807) is 43.3 Å². The van der Waals surface area contributed by atoms with Crippen molar-refractivity contribution in [3.05, 3.63) is 65.7 Å². The van der Waals surface area contributed by atoms with Gasteiger partial charge < -0.3 is 9.57 Å². The van der Waals surface area contributed by atoms with Crippen LogP contribution in [0.4, 0.5) is 0 Å². The van der Waals surface area contributed by atoms with Gasteiger partial charge >= 0.3 is 5.97 Å². The van der Waals surface area contributed by atoms with Gasteiger partial charge in [0.15, 0.2) is 6.10 Å². The molecule has 0 radical (unpaired) electrons. The van der Waals surface area contributed by atoms with Gasteiger partial charge in [-0.05, 0) is 26.0 Å². The molecule has 0 aliphatic carbocycles. The minimum absolute atomic E-state index is 0.00743. The summed E-state index contributed by atoms with van der Waals surface area (Å²) in [5, 5.41) is 4.03. The number of carbonyl (C=O) groups is 1. The predicted octanol–water partition coefficient (Wildman–Crippen LogP) is 2.58. The molecule has 0 aromatic heterocycles. The van der Waals surface area contributed by atoms with Crippen molar-refractivity contribution in [3.8, 4) is 0 Å². The van der Waals surface area contributed by atoms with E-state index in [0.29, 0.717) is 5.56 Å². The summed E-state index contributed by atoms with van der Waals surface area (Å²) < 4.78 is 36.6. The zero-order chi connectivity index (χ0) is 19.9. The Morgan fingerprint density at radius 2 is 1.79 bits per heavy atom. The van der Waals surface area contributed by atoms with Crippen molar-refractivity contribution in [2.75, 3.05) is 0 Å². The monoisotopic (exact) mass is 401 g/mol. The fraction of sp³-hybridized carbons (Fsp3) is 0.300. The van der Waals surface area contributed by atoms with E-state index in [1.807, 2.05) is 13.0 Å². The molecule has 3 atom stereocenters. The number of hydrogen-bond acceptors (Lipinski definition) is 7. The molecular formula is C20H19NO6S. The van der Waals surface area contributed by atoms with Crippen LogP contribution in [0.15, 0.2) is 64.6 Å². The van der Waals surface area contributed by atoms with E-state index in [4.69, 9.17) is 13.8 Å². The number of ether oxygens (including phenoxy) is 1. The van der Waals surface area contributed by atoms with Crippen LogP contribution < -0.4 is 0 Å². The summed E-state index contributed by atoms with van der Waals surface area (Å²) in [4.78, 5) is 18.0. The second-order valence-corrected chi connectivity index (χ2v) is 8.56. The Bertz CT molecular complexity index is 1030. The lowest BCUT2D eigenvalue weighted by molar-refractivity contribution is -0.162. The van der Waals surface area contributed by atoms with Crippen LogP contribution in [-0.2, 0) is 28.7 Å². The molecule has 2 aliphatic rings. The van der Waals surface area contributed by atoms with Crippen LogP contribution in [0.5, 0.6) is 0 Å². The van der Waals surface area contributed by atoms with E-state index in [1.165, 1.54) is 12.1 Å². The first-order valence-electron chi connectivity index (χ1n) is 8.84. The topological polar surface area (TPSA) is 91.3 Å². The normalized spacial score (nSPS) is 26.8. The van der Waals surface area contributed by atoms with E-state index in [9.17, 15) is 13.2 Å². The van der Waals surface area contributed by atoms with Crippen LogP contribution in [0.1, 0.15) is 24.5 Å². The van der Waals surface area contributed by atoms with Crippen molar-refractivity contribution >= 4 is 21.8 Å². The van der Waals surface area contributed by atoms with E-state index in [-0.39, 0.29) is 17.0 Å². The van der Waals surface area contributed by atoms with Gasteiger partial charge in [0.05, 0.1) is 4.90 Å². The van der Waals surface area contributed by atoms with E-state index in [0.717, 1.165) is 5.56 Å². The van der Waals surface area contributed by atoms with Crippen molar-refractivity contribution in [2.45, 2.75) is 43.0 Å². The summed E-state index contributed by atoms with van der Waals surface area (Å²) in [6.45, 7) is 3.56. The molecule has 8 heteroatoms. The molecule has 1 saturated heterocycles. The van der Waals surface area contributed by atoms with Gasteiger partial charge in [0.2, 0.25) is 0 Å². The van der Waals surface area contributed by atoms with Gasteiger partial charge in [-0.2, -0.15) is 8.42 Å². The average Bonchev–Trinajstić information content (AvgIpc) is 3.16. The third-order valence-electron chi connectivity index (χ3n) is 4.83. The van der Waals surface area contributed by atoms with E-state index < -0.39 is 33.9 Å². The molecule has 2 heterocycles. The van der Waals surface area contributed by atoms with Crippen LogP contribution in [0, 0.1) is 6.92 Å². The van der Waals surface area contributed by atoms with Crippen LogP contribution in [0.2, 0.25) is 0 Å². The maximum atomic E-state index is 12.9. The third-order valence-corrected chi connectivity index (χ3v) is 6.12. The van der Waals surface area contributed by atoms with Crippen molar-refractivity contribution in [1.29, 1.82) is 0 Å². The van der Waals surface area contributed by atoms with Gasteiger partial charge in [-0.1, -0.05) is 53.2 Å². The number of benzene rings is 2. The second kappa shape index (κ2) is 6.72. The molecule has 146 valence electrons. The Kier molecular flexibility index (Phi) is 4.47. The highest BCUT2D eigenvalue weighted by Crippen LogP contribution is 2.41. The predicted molar refractivity (Wildman–Crippen MR) is 100 cm³/mol. The number of aryl methyl sites for hydroxylation is 1. The van der Waals surface area contributed by atoms with Crippen LogP contribution in [-0.4, -0.2) is 37.9 Å². The van der Waals surface area contributed by atoms with Crippen molar-refractivity contribution < 1.29 is 27.0 Å². The lowest BCUT2D eigenvalue weighted by Crippen LogP contribution is -2.50.